The summed E-state index contributed by atoms with van der Waals surface area (Å²) in [5.41, 5.74) is 0. The van der Waals surface area contributed by atoms with Crippen LogP contribution in [0.3, 0.4) is 0 Å². The maximum absolute atomic E-state index is 12.0. The largest absolute Gasteiger partial charge is 0.273 e. The zero-order chi connectivity index (χ0) is 20.0. The lowest BCUT2D eigenvalue weighted by Crippen LogP contribution is -2.31. The Morgan fingerprint density at radius 2 is 1.19 bits per heavy atom. The molecule has 0 aromatic heterocycles. The van der Waals surface area contributed by atoms with E-state index in [1.165, 1.54) is 88.5 Å². The first-order valence-electron chi connectivity index (χ1n) is 11.1. The Kier molecular flexibility index (Phi) is 19.7. The predicted octanol–water partition coefficient (Wildman–Crippen LogP) is 6.27. The summed E-state index contributed by atoms with van der Waals surface area (Å²) in [6.07, 6.45) is 30.6. The van der Waals surface area contributed by atoms with Crippen molar-refractivity contribution in [1.82, 2.24) is 5.06 Å². The number of terminal acetylenes is 2. The fourth-order valence-electron chi connectivity index (χ4n) is 3.18. The van der Waals surface area contributed by atoms with Gasteiger partial charge in [-0.1, -0.05) is 109 Å². The molecule has 0 atom stereocenters. The summed E-state index contributed by atoms with van der Waals surface area (Å²) in [7, 11) is 0. The zero-order valence-electron chi connectivity index (χ0n) is 17.6. The van der Waals surface area contributed by atoms with E-state index in [1.807, 2.05) is 0 Å². The van der Waals surface area contributed by atoms with Gasteiger partial charge in [-0.05, 0) is 6.42 Å². The molecule has 0 saturated heterocycles. The van der Waals surface area contributed by atoms with Gasteiger partial charge in [0.05, 0.1) is 0 Å². The molecule has 0 aromatic rings. The normalized spacial score (nSPS) is 10.3. The topological polar surface area (TPSA) is 29.5 Å². The van der Waals surface area contributed by atoms with E-state index in [0.717, 1.165) is 12.8 Å². The Balaban J connectivity index is 3.38. The van der Waals surface area contributed by atoms with Crippen LogP contribution < -0.4 is 0 Å². The molecule has 0 N–H and O–H groups in total. The molecule has 154 valence electrons. The highest BCUT2D eigenvalue weighted by Gasteiger charge is 2.12. The fourth-order valence-corrected chi connectivity index (χ4v) is 3.18. The average molecular weight is 376 g/mol. The number of hydroxylamine groups is 2. The number of amides is 1. The van der Waals surface area contributed by atoms with Gasteiger partial charge in [0.25, 0.3) is 0 Å². The van der Waals surface area contributed by atoms with E-state index in [9.17, 15) is 4.79 Å². The third-order valence-electron chi connectivity index (χ3n) is 4.81. The van der Waals surface area contributed by atoms with E-state index in [2.05, 4.69) is 18.8 Å². The Morgan fingerprint density at radius 1 is 0.741 bits per heavy atom. The molecule has 0 rings (SSSR count). The van der Waals surface area contributed by atoms with Gasteiger partial charge in [-0.15, -0.1) is 12.8 Å². The molecular weight excluding hydrogens is 334 g/mol. The number of carbonyl (C=O) groups is 1. The molecule has 3 nitrogen and oxygen atoms in total. The minimum Gasteiger partial charge on any atom is -0.273 e. The Labute approximate surface area is 168 Å². The lowest BCUT2D eigenvalue weighted by atomic mass is 10.0. The molecule has 0 aliphatic rings. The predicted molar refractivity (Wildman–Crippen MR) is 115 cm³/mol. The van der Waals surface area contributed by atoms with Crippen molar-refractivity contribution in [3.63, 3.8) is 0 Å². The highest BCUT2D eigenvalue weighted by atomic mass is 16.7. The van der Waals surface area contributed by atoms with E-state index in [4.69, 9.17) is 17.7 Å². The lowest BCUT2D eigenvalue weighted by Gasteiger charge is -2.18. The first-order valence-corrected chi connectivity index (χ1v) is 11.1. The molecule has 0 spiro atoms. The Hall–Kier alpha value is -1.45. The SMILES string of the molecule is C#CCON(CC#C)C(=O)CCCCCCCCCCCCCCCCC. The fraction of sp³-hybridized carbons (Fsp3) is 0.792. The molecule has 0 aliphatic carbocycles. The van der Waals surface area contributed by atoms with Crippen LogP contribution in [0.25, 0.3) is 0 Å². The molecule has 0 saturated carbocycles. The van der Waals surface area contributed by atoms with Crippen molar-refractivity contribution in [2.24, 2.45) is 0 Å². The number of nitrogens with zero attached hydrogens (tertiary/aromatic N) is 1. The maximum Gasteiger partial charge on any atom is 0.247 e. The molecule has 0 aliphatic heterocycles. The minimum atomic E-state index is -0.0714. The summed E-state index contributed by atoms with van der Waals surface area (Å²) in [6.45, 7) is 2.50. The van der Waals surface area contributed by atoms with Gasteiger partial charge in [-0.25, -0.2) is 5.06 Å². The first-order chi connectivity index (χ1) is 13.3. The van der Waals surface area contributed by atoms with Crippen LogP contribution in [-0.2, 0) is 9.63 Å². The zero-order valence-corrected chi connectivity index (χ0v) is 17.6. The molecule has 0 radical (unpaired) electrons. The van der Waals surface area contributed by atoms with Crippen molar-refractivity contribution < 1.29 is 9.63 Å². The molecule has 0 bridgehead atoms. The van der Waals surface area contributed by atoms with E-state index >= 15 is 0 Å². The van der Waals surface area contributed by atoms with Crippen LogP contribution in [0.2, 0.25) is 0 Å². The Morgan fingerprint density at radius 3 is 1.59 bits per heavy atom. The van der Waals surface area contributed by atoms with Crippen molar-refractivity contribution in [3.05, 3.63) is 0 Å². The number of rotatable bonds is 19. The third kappa shape index (κ3) is 17.7. The van der Waals surface area contributed by atoms with Crippen molar-refractivity contribution in [2.45, 2.75) is 110 Å². The molecule has 1 amide bonds. The third-order valence-corrected chi connectivity index (χ3v) is 4.81. The van der Waals surface area contributed by atoms with Crippen LogP contribution in [0.4, 0.5) is 0 Å². The summed E-state index contributed by atoms with van der Waals surface area (Å²) in [4.78, 5) is 17.2. The van der Waals surface area contributed by atoms with Crippen LogP contribution in [0, 0.1) is 24.7 Å². The summed E-state index contributed by atoms with van der Waals surface area (Å²) in [5, 5.41) is 1.21. The van der Waals surface area contributed by atoms with Crippen LogP contribution in [0.5, 0.6) is 0 Å². The Bertz CT molecular complexity index is 419. The first kappa shape index (κ1) is 25.6. The molecular formula is C24H41NO2. The molecule has 0 unspecified atom stereocenters. The van der Waals surface area contributed by atoms with E-state index < -0.39 is 0 Å². The van der Waals surface area contributed by atoms with E-state index in [-0.39, 0.29) is 19.1 Å². The van der Waals surface area contributed by atoms with Crippen molar-refractivity contribution >= 4 is 5.91 Å². The van der Waals surface area contributed by atoms with Gasteiger partial charge < -0.3 is 0 Å². The van der Waals surface area contributed by atoms with Crippen molar-refractivity contribution in [3.8, 4) is 24.7 Å². The van der Waals surface area contributed by atoms with Gasteiger partial charge in [-0.2, -0.15) is 0 Å². The van der Waals surface area contributed by atoms with Gasteiger partial charge in [-0.3, -0.25) is 9.63 Å². The average Bonchev–Trinajstić information content (AvgIpc) is 2.68. The second-order valence-corrected chi connectivity index (χ2v) is 7.31. The van der Waals surface area contributed by atoms with Crippen LogP contribution in [0.15, 0.2) is 0 Å². The summed E-state index contributed by atoms with van der Waals surface area (Å²) < 4.78 is 0. The van der Waals surface area contributed by atoms with Gasteiger partial charge >= 0.3 is 0 Å². The summed E-state index contributed by atoms with van der Waals surface area (Å²) >= 11 is 0. The molecule has 3 heteroatoms. The highest BCUT2D eigenvalue weighted by molar-refractivity contribution is 5.75. The standard InChI is InChI=1S/C24H41NO2/c1-4-7-8-9-10-11-12-13-14-15-16-17-18-19-20-21-24(26)25(22-5-2)27-23-6-3/h2-3H,4,7-23H2,1H3. The number of unbranched alkanes of at least 4 members (excludes halogenated alkanes) is 14. The number of hydrogen-bond acceptors (Lipinski definition) is 2. The van der Waals surface area contributed by atoms with Gasteiger partial charge in [0.15, 0.2) is 0 Å². The van der Waals surface area contributed by atoms with Crippen molar-refractivity contribution in [1.29, 1.82) is 0 Å². The minimum absolute atomic E-state index is 0.0714. The van der Waals surface area contributed by atoms with Crippen LogP contribution in [0.1, 0.15) is 110 Å². The van der Waals surface area contributed by atoms with Crippen molar-refractivity contribution in [2.75, 3.05) is 13.2 Å². The highest BCUT2D eigenvalue weighted by Crippen LogP contribution is 2.14. The summed E-state index contributed by atoms with van der Waals surface area (Å²) in [6, 6.07) is 0. The maximum atomic E-state index is 12.0. The second kappa shape index (κ2) is 20.9. The second-order valence-electron chi connectivity index (χ2n) is 7.31. The monoisotopic (exact) mass is 375 g/mol. The molecule has 27 heavy (non-hydrogen) atoms. The number of hydrogen-bond donors (Lipinski definition) is 0. The van der Waals surface area contributed by atoms with E-state index in [0.29, 0.717) is 6.42 Å². The lowest BCUT2D eigenvalue weighted by molar-refractivity contribution is -0.177. The summed E-state index contributed by atoms with van der Waals surface area (Å²) in [5.74, 6) is 4.70. The van der Waals surface area contributed by atoms with Gasteiger partial charge in [0.1, 0.15) is 13.2 Å². The smallest absolute Gasteiger partial charge is 0.247 e. The quantitative estimate of drug-likeness (QED) is 0.151. The molecule has 0 heterocycles. The van der Waals surface area contributed by atoms with Gasteiger partial charge in [0, 0.05) is 6.42 Å². The number of carbonyl (C=O) groups excluding carboxylic acids is 1. The van der Waals surface area contributed by atoms with E-state index in [1.54, 1.807) is 0 Å². The molecule has 0 fully saturated rings. The van der Waals surface area contributed by atoms with Crippen LogP contribution >= 0.6 is 0 Å². The molecule has 0 aromatic carbocycles. The van der Waals surface area contributed by atoms with Gasteiger partial charge in [0.2, 0.25) is 5.91 Å². The van der Waals surface area contributed by atoms with Crippen LogP contribution in [-0.4, -0.2) is 24.1 Å².